The second-order valence-corrected chi connectivity index (χ2v) is 9.64. The third kappa shape index (κ3) is 9.60. The van der Waals surface area contributed by atoms with Crippen LogP contribution in [0.1, 0.15) is 59.1 Å². The average molecular weight is 752 g/mol. The fraction of sp³-hybridized carbons (Fsp3) is 0.235. The zero-order chi connectivity index (χ0) is 28.7. The van der Waals surface area contributed by atoms with E-state index in [1.54, 1.807) is 0 Å². The third-order valence-corrected chi connectivity index (χ3v) is 6.78. The van der Waals surface area contributed by atoms with Crippen molar-refractivity contribution < 1.29 is 36.4 Å². The summed E-state index contributed by atoms with van der Waals surface area (Å²) < 4.78 is 0. The summed E-state index contributed by atoms with van der Waals surface area (Å²) in [7, 11) is 8.98. The van der Waals surface area contributed by atoms with Gasteiger partial charge >= 0.3 is 55.4 Å². The summed E-state index contributed by atoms with van der Waals surface area (Å²) in [6.45, 7) is 4.20. The molecular weight excluding hydrogens is 720 g/mol. The van der Waals surface area contributed by atoms with E-state index < -0.39 is 0 Å². The zero-order valence-corrected chi connectivity index (χ0v) is 27.2. The number of fused-ring (bicyclic) bond motifs is 2. The molecule has 40 heavy (non-hydrogen) atoms. The fourth-order valence-corrected chi connectivity index (χ4v) is 4.81. The molecule has 4 aromatic rings. The van der Waals surface area contributed by atoms with Crippen LogP contribution in [-0.4, -0.2) is 11.4 Å². The molecule has 6 heteroatoms. The summed E-state index contributed by atoms with van der Waals surface area (Å²) in [5, 5.41) is 0. The molecule has 2 nitrogen and oxygen atoms in total. The molecule has 0 heterocycles. The van der Waals surface area contributed by atoms with Gasteiger partial charge < -0.3 is 9.98 Å². The van der Waals surface area contributed by atoms with E-state index in [1.807, 2.05) is 12.1 Å². The normalized spacial score (nSPS) is 15.3. The van der Waals surface area contributed by atoms with Crippen LogP contribution in [0, 0.1) is 26.0 Å². The van der Waals surface area contributed by atoms with Gasteiger partial charge in [-0.05, 0) is 62.4 Å². The molecule has 0 aromatic heterocycles. The van der Waals surface area contributed by atoms with Crippen molar-refractivity contribution in [2.45, 2.75) is 52.4 Å². The van der Waals surface area contributed by atoms with Crippen LogP contribution in [-0.2, 0) is 49.2 Å². The van der Waals surface area contributed by atoms with E-state index in [0.29, 0.717) is 0 Å². The Labute approximate surface area is 269 Å². The molecule has 0 atom stereocenters. The summed E-state index contributed by atoms with van der Waals surface area (Å²) in [5.74, 6) is 0. The maximum atomic E-state index is 4.79. The zero-order valence-electron chi connectivity index (χ0n) is 22.6. The van der Waals surface area contributed by atoms with Gasteiger partial charge in [0, 0.05) is 0 Å². The Bertz CT molecular complexity index is 1290. The van der Waals surface area contributed by atoms with Crippen molar-refractivity contribution >= 4 is 41.9 Å². The Kier molecular flexibility index (Phi) is 14.5. The van der Waals surface area contributed by atoms with Gasteiger partial charge in [0.15, 0.2) is 0 Å². The van der Waals surface area contributed by atoms with Gasteiger partial charge in [-0.25, -0.2) is 0 Å². The van der Waals surface area contributed by atoms with Gasteiger partial charge in [-0.3, -0.25) is 0 Å². The van der Waals surface area contributed by atoms with Gasteiger partial charge in [0.05, 0.1) is 11.4 Å². The Morgan fingerprint density at radius 1 is 0.550 bits per heavy atom. The molecule has 6 rings (SSSR count). The fourth-order valence-electron chi connectivity index (χ4n) is 4.81. The van der Waals surface area contributed by atoms with Crippen LogP contribution in [0.25, 0.3) is 0 Å². The van der Waals surface area contributed by atoms with Crippen molar-refractivity contribution in [1.29, 1.82) is 0 Å². The van der Waals surface area contributed by atoms with Crippen molar-refractivity contribution in [3.63, 3.8) is 0 Å². The topological polar surface area (TPSA) is 24.7 Å². The number of nitrogens with zero attached hydrogens (tertiary/aromatic N) is 2. The first-order chi connectivity index (χ1) is 19.7. The Morgan fingerprint density at radius 2 is 0.925 bits per heavy atom. The van der Waals surface area contributed by atoms with Gasteiger partial charge in [0.1, 0.15) is 0 Å². The Morgan fingerprint density at radius 3 is 1.30 bits per heavy atom. The van der Waals surface area contributed by atoms with Crippen molar-refractivity contribution in [2.75, 3.05) is 0 Å². The van der Waals surface area contributed by atoms with Crippen LogP contribution in [0.4, 0.5) is 11.4 Å². The van der Waals surface area contributed by atoms with Crippen molar-refractivity contribution in [3.05, 3.63) is 130 Å². The molecule has 2 aliphatic rings. The van der Waals surface area contributed by atoms with Crippen LogP contribution in [0.15, 0.2) is 94.9 Å². The third-order valence-electron chi connectivity index (χ3n) is 6.78. The predicted octanol–water partition coefficient (Wildman–Crippen LogP) is 9.88. The van der Waals surface area contributed by atoms with E-state index in [-0.39, 0.29) is 0 Å². The SMILES string of the molecule is Cc1ccc(N=C2CCCc3ccc[c-]c32)cc1.Cc1ccc(N=C2CCCc3ccc[c-]c32)cc1.[Cl][Pd+].[Cl][Pd+]. The summed E-state index contributed by atoms with van der Waals surface area (Å²) >= 11 is 4.44. The first kappa shape index (κ1) is 32.6. The van der Waals surface area contributed by atoms with Crippen LogP contribution < -0.4 is 0 Å². The molecule has 0 saturated heterocycles. The van der Waals surface area contributed by atoms with Crippen LogP contribution in [0.3, 0.4) is 0 Å². The minimum atomic E-state index is 1.04. The molecule has 212 valence electrons. The molecule has 4 aromatic carbocycles. The van der Waals surface area contributed by atoms with E-state index in [0.717, 1.165) is 37.1 Å². The molecule has 0 aliphatic heterocycles. The average Bonchev–Trinajstić information content (AvgIpc) is 3.02. The summed E-state index contributed by atoms with van der Waals surface area (Å²) in [5.41, 5.74) is 12.2. The second-order valence-electron chi connectivity index (χ2n) is 9.64. The Hall–Kier alpha value is -1.88. The van der Waals surface area contributed by atoms with Gasteiger partial charge in [0.25, 0.3) is 0 Å². The summed E-state index contributed by atoms with van der Waals surface area (Å²) in [6, 6.07) is 35.9. The number of aryl methyl sites for hydroxylation is 4. The van der Waals surface area contributed by atoms with E-state index in [4.69, 9.17) is 9.98 Å². The Balaban J connectivity index is 0.000000196. The molecule has 2 aliphatic carbocycles. The van der Waals surface area contributed by atoms with E-state index in [2.05, 4.69) is 154 Å². The molecule has 0 fully saturated rings. The molecule has 0 spiro atoms. The van der Waals surface area contributed by atoms with E-state index >= 15 is 0 Å². The van der Waals surface area contributed by atoms with Crippen molar-refractivity contribution in [3.8, 4) is 0 Å². The number of benzene rings is 4. The molecule has 0 saturated carbocycles. The van der Waals surface area contributed by atoms with Gasteiger partial charge in [0.2, 0.25) is 0 Å². The van der Waals surface area contributed by atoms with Crippen LogP contribution in [0.5, 0.6) is 0 Å². The quantitative estimate of drug-likeness (QED) is 0.144. The number of aliphatic imine (C=N–C) groups is 2. The van der Waals surface area contributed by atoms with E-state index in [9.17, 15) is 0 Å². The number of hydrogen-bond donors (Lipinski definition) is 0. The maximum absolute atomic E-state index is 4.79. The monoisotopic (exact) mass is 750 g/mol. The summed E-state index contributed by atoms with van der Waals surface area (Å²) in [4.78, 5) is 9.57. The first-order valence-electron chi connectivity index (χ1n) is 13.2. The van der Waals surface area contributed by atoms with Gasteiger partial charge in [-0.1, -0.05) is 61.1 Å². The van der Waals surface area contributed by atoms with Gasteiger partial charge in [-0.2, -0.15) is 0 Å². The number of hydrogen-bond acceptors (Lipinski definition) is 2. The molecule has 0 amide bonds. The van der Waals surface area contributed by atoms with Crippen molar-refractivity contribution in [2.24, 2.45) is 9.98 Å². The van der Waals surface area contributed by atoms with Crippen molar-refractivity contribution in [1.82, 2.24) is 0 Å². The van der Waals surface area contributed by atoms with Crippen LogP contribution >= 0.6 is 19.1 Å². The molecule has 0 radical (unpaired) electrons. The predicted molar refractivity (Wildman–Crippen MR) is 163 cm³/mol. The molecular formula is C34H32Cl2N2Pd2. The summed E-state index contributed by atoms with van der Waals surface area (Å²) in [6.07, 6.45) is 6.80. The minimum absolute atomic E-state index is 1.04. The standard InChI is InChI=1S/2C17H16N.2ClH.2Pd/c2*1-13-9-11-15(12-10-13)18-17-8-4-6-14-5-2-3-7-16(14)17;;;;/h2*2-3,5,9-12H,4,6,8H2,1H3;2*1H;;/q2*-1;;;2*+2/p-2. The molecule has 0 N–H and O–H groups in total. The first-order valence-corrected chi connectivity index (χ1v) is 17.2. The van der Waals surface area contributed by atoms with E-state index in [1.165, 1.54) is 57.6 Å². The van der Waals surface area contributed by atoms with Crippen LogP contribution in [0.2, 0.25) is 0 Å². The van der Waals surface area contributed by atoms with Gasteiger partial charge in [-0.15, -0.1) is 70.8 Å². The molecule has 0 bridgehead atoms. The molecule has 0 unspecified atom stereocenters. The second kappa shape index (κ2) is 17.8. The number of halogens is 2. The number of rotatable bonds is 2.